The average molecular weight is 181 g/mol. The van der Waals surface area contributed by atoms with Gasteiger partial charge in [0.05, 0.1) is 0 Å². The zero-order chi connectivity index (χ0) is 7.66. The summed E-state index contributed by atoms with van der Waals surface area (Å²) >= 11 is 0. The molecule has 0 nitrogen and oxygen atoms in total. The molecule has 0 amide bonds. The van der Waals surface area contributed by atoms with Crippen molar-refractivity contribution < 1.29 is 0 Å². The van der Waals surface area contributed by atoms with E-state index in [1.54, 1.807) is 0 Å². The van der Waals surface area contributed by atoms with E-state index in [-0.39, 0.29) is 51.4 Å². The van der Waals surface area contributed by atoms with Crippen molar-refractivity contribution in [1.29, 1.82) is 0 Å². The molecule has 0 atom stereocenters. The number of hydrogen-bond acceptors (Lipinski definition) is 0. The summed E-state index contributed by atoms with van der Waals surface area (Å²) in [5.74, 6) is 0. The Bertz CT molecular complexity index is 44.8. The second-order valence-corrected chi connectivity index (χ2v) is 2.97. The van der Waals surface area contributed by atoms with Crippen molar-refractivity contribution in [2.75, 3.05) is 0 Å². The first-order valence-corrected chi connectivity index (χ1v) is 4.71. The Balaban J connectivity index is 0. The molecule has 0 aliphatic carbocycles. The molecule has 0 aliphatic rings. The van der Waals surface area contributed by atoms with Crippen LogP contribution in [0.4, 0.5) is 0 Å². The number of unbranched alkanes of at least 4 members (excludes halogenated alkanes) is 7. The SMILES string of the molecule is [CH2]CCCCCCCCC.[KH]. The Kier molecular flexibility index (Phi) is 19.5. The molecule has 0 aromatic heterocycles. The minimum absolute atomic E-state index is 0. The van der Waals surface area contributed by atoms with Gasteiger partial charge in [-0.3, -0.25) is 0 Å². The molecule has 0 saturated heterocycles. The normalized spacial score (nSPS) is 9.27. The van der Waals surface area contributed by atoms with E-state index in [1.807, 2.05) is 0 Å². The molecule has 0 saturated carbocycles. The van der Waals surface area contributed by atoms with Gasteiger partial charge in [0.2, 0.25) is 0 Å². The van der Waals surface area contributed by atoms with E-state index in [0.29, 0.717) is 0 Å². The molecule has 0 spiro atoms. The maximum atomic E-state index is 3.82. The van der Waals surface area contributed by atoms with Crippen LogP contribution in [0.25, 0.3) is 0 Å². The fourth-order valence-electron chi connectivity index (χ4n) is 1.13. The van der Waals surface area contributed by atoms with Gasteiger partial charge in [-0.2, -0.15) is 0 Å². The topological polar surface area (TPSA) is 0 Å². The predicted octanol–water partition coefficient (Wildman–Crippen LogP) is 3.31. The third-order valence-electron chi connectivity index (χ3n) is 1.85. The van der Waals surface area contributed by atoms with Crippen molar-refractivity contribution in [2.24, 2.45) is 0 Å². The van der Waals surface area contributed by atoms with Gasteiger partial charge < -0.3 is 0 Å². The van der Waals surface area contributed by atoms with Crippen LogP contribution in [-0.4, -0.2) is 51.4 Å². The first kappa shape index (κ1) is 15.1. The van der Waals surface area contributed by atoms with Crippen LogP contribution in [0.15, 0.2) is 0 Å². The van der Waals surface area contributed by atoms with Gasteiger partial charge in [0.15, 0.2) is 0 Å². The summed E-state index contributed by atoms with van der Waals surface area (Å²) in [6.45, 7) is 6.08. The van der Waals surface area contributed by atoms with Gasteiger partial charge in [0, 0.05) is 0 Å². The van der Waals surface area contributed by atoms with Crippen molar-refractivity contribution in [3.8, 4) is 0 Å². The van der Waals surface area contributed by atoms with E-state index >= 15 is 0 Å². The first-order valence-electron chi connectivity index (χ1n) is 4.71. The monoisotopic (exact) mass is 181 g/mol. The Morgan fingerprint density at radius 1 is 0.818 bits per heavy atom. The average Bonchev–Trinajstić information content (AvgIpc) is 1.97. The standard InChI is InChI=1S/C10H21.K.H/c1-3-5-7-9-10-8-6-4-2;;/h1,3-10H2,2H3;;. The summed E-state index contributed by atoms with van der Waals surface area (Å²) in [7, 11) is 0. The third-order valence-corrected chi connectivity index (χ3v) is 1.85. The summed E-state index contributed by atoms with van der Waals surface area (Å²) < 4.78 is 0. The van der Waals surface area contributed by atoms with Gasteiger partial charge in [-0.05, 0) is 0 Å². The summed E-state index contributed by atoms with van der Waals surface area (Å²) in [4.78, 5) is 0. The molecule has 1 heteroatoms. The Hall–Kier alpha value is 1.64. The van der Waals surface area contributed by atoms with Crippen LogP contribution in [0.5, 0.6) is 0 Å². The molecule has 0 fully saturated rings. The quantitative estimate of drug-likeness (QED) is 0.417. The van der Waals surface area contributed by atoms with Gasteiger partial charge in [-0.1, -0.05) is 65.2 Å². The predicted molar refractivity (Wildman–Crippen MR) is 55.1 cm³/mol. The van der Waals surface area contributed by atoms with Crippen molar-refractivity contribution in [3.63, 3.8) is 0 Å². The molecular weight excluding hydrogens is 159 g/mol. The molecule has 0 unspecified atom stereocenters. The zero-order valence-electron chi connectivity index (χ0n) is 7.36. The first-order chi connectivity index (χ1) is 4.91. The second kappa shape index (κ2) is 14.2. The molecule has 11 heavy (non-hydrogen) atoms. The summed E-state index contributed by atoms with van der Waals surface area (Å²) in [5, 5.41) is 0. The fourth-order valence-corrected chi connectivity index (χ4v) is 1.13. The summed E-state index contributed by atoms with van der Waals surface area (Å²) in [5.41, 5.74) is 0. The fraction of sp³-hybridized carbons (Fsp3) is 0.900. The van der Waals surface area contributed by atoms with Crippen LogP contribution in [0.2, 0.25) is 0 Å². The Labute approximate surface area is 115 Å². The van der Waals surface area contributed by atoms with E-state index in [1.165, 1.54) is 44.9 Å². The molecule has 0 aromatic rings. The molecule has 0 heterocycles. The van der Waals surface area contributed by atoms with Crippen molar-refractivity contribution in [1.82, 2.24) is 0 Å². The van der Waals surface area contributed by atoms with E-state index in [9.17, 15) is 0 Å². The maximum absolute atomic E-state index is 3.82. The van der Waals surface area contributed by atoms with Crippen LogP contribution in [-0.2, 0) is 0 Å². The number of rotatable bonds is 7. The summed E-state index contributed by atoms with van der Waals surface area (Å²) in [6, 6.07) is 0. The molecular formula is C10H22K. The van der Waals surface area contributed by atoms with Gasteiger partial charge in [0.25, 0.3) is 0 Å². The Morgan fingerprint density at radius 2 is 1.27 bits per heavy atom. The second-order valence-electron chi connectivity index (χ2n) is 2.97. The van der Waals surface area contributed by atoms with Crippen LogP contribution in [0.3, 0.4) is 0 Å². The number of hydrogen-bond donors (Lipinski definition) is 0. The van der Waals surface area contributed by atoms with E-state index in [4.69, 9.17) is 0 Å². The van der Waals surface area contributed by atoms with Crippen LogP contribution in [0.1, 0.15) is 58.3 Å². The van der Waals surface area contributed by atoms with E-state index in [0.717, 1.165) is 6.42 Å². The molecule has 0 N–H and O–H groups in total. The molecule has 0 rings (SSSR count). The molecule has 0 bridgehead atoms. The van der Waals surface area contributed by atoms with Gasteiger partial charge in [-0.25, -0.2) is 0 Å². The van der Waals surface area contributed by atoms with Crippen molar-refractivity contribution in [3.05, 3.63) is 6.92 Å². The minimum atomic E-state index is 0. The van der Waals surface area contributed by atoms with Crippen LogP contribution >= 0.6 is 0 Å². The van der Waals surface area contributed by atoms with E-state index < -0.39 is 0 Å². The molecule has 0 aliphatic heterocycles. The Morgan fingerprint density at radius 3 is 1.73 bits per heavy atom. The summed E-state index contributed by atoms with van der Waals surface area (Å²) in [6.07, 6.45) is 10.9. The van der Waals surface area contributed by atoms with E-state index in [2.05, 4.69) is 13.8 Å². The zero-order valence-corrected chi connectivity index (χ0v) is 7.36. The van der Waals surface area contributed by atoms with Crippen LogP contribution < -0.4 is 0 Å². The van der Waals surface area contributed by atoms with Gasteiger partial charge in [-0.15, -0.1) is 0 Å². The van der Waals surface area contributed by atoms with Crippen molar-refractivity contribution in [2.45, 2.75) is 58.3 Å². The van der Waals surface area contributed by atoms with Gasteiger partial charge >= 0.3 is 51.4 Å². The van der Waals surface area contributed by atoms with Crippen LogP contribution in [0, 0.1) is 6.92 Å². The van der Waals surface area contributed by atoms with Gasteiger partial charge in [0.1, 0.15) is 0 Å². The van der Waals surface area contributed by atoms with Crippen molar-refractivity contribution >= 4 is 51.4 Å². The molecule has 63 valence electrons. The third kappa shape index (κ3) is 14.5. The molecule has 1 radical (unpaired) electrons. The molecule has 0 aromatic carbocycles.